The molecule has 0 N–H and O–H groups in total. The van der Waals surface area contributed by atoms with Crippen LogP contribution in [0.15, 0.2) is 27.4 Å². The van der Waals surface area contributed by atoms with E-state index in [0.29, 0.717) is 0 Å². The monoisotopic (exact) mass is 288 g/mol. The molecular formula is C8H6Br2N2. The van der Waals surface area contributed by atoms with Gasteiger partial charge in [0.2, 0.25) is 0 Å². The number of aromatic nitrogens is 2. The first-order valence-corrected chi connectivity index (χ1v) is 5.06. The number of aryl methyl sites for hydroxylation is 1. The number of hydrogen-bond donors (Lipinski definition) is 0. The van der Waals surface area contributed by atoms with Gasteiger partial charge in [-0.3, -0.25) is 0 Å². The van der Waals surface area contributed by atoms with Crippen LogP contribution in [0.25, 0.3) is 5.65 Å². The van der Waals surface area contributed by atoms with Gasteiger partial charge in [-0.05, 0) is 44.8 Å². The molecule has 0 saturated heterocycles. The molecule has 2 heterocycles. The minimum absolute atomic E-state index is 0.954. The molecule has 0 aliphatic heterocycles. The molecule has 2 nitrogen and oxygen atoms in total. The van der Waals surface area contributed by atoms with Gasteiger partial charge in [-0.25, -0.2) is 4.98 Å². The van der Waals surface area contributed by atoms with Crippen molar-refractivity contribution < 1.29 is 0 Å². The van der Waals surface area contributed by atoms with Crippen LogP contribution in [0.2, 0.25) is 0 Å². The van der Waals surface area contributed by atoms with Crippen molar-refractivity contribution in [1.82, 2.24) is 9.38 Å². The number of fused-ring (bicyclic) bond motifs is 1. The van der Waals surface area contributed by atoms with E-state index in [1.165, 1.54) is 0 Å². The molecule has 0 amide bonds. The van der Waals surface area contributed by atoms with Crippen LogP contribution in [0.5, 0.6) is 0 Å². The first kappa shape index (κ1) is 8.26. The highest BCUT2D eigenvalue weighted by molar-refractivity contribution is 9.11. The molecule has 0 spiro atoms. The molecule has 2 aromatic rings. The summed E-state index contributed by atoms with van der Waals surface area (Å²) in [5, 5.41) is 0. The van der Waals surface area contributed by atoms with Gasteiger partial charge in [0.1, 0.15) is 0 Å². The highest BCUT2D eigenvalue weighted by Crippen LogP contribution is 2.24. The predicted octanol–water partition coefficient (Wildman–Crippen LogP) is 3.17. The summed E-state index contributed by atoms with van der Waals surface area (Å²) in [6.07, 6.45) is 3.74. The number of rotatable bonds is 0. The van der Waals surface area contributed by atoms with E-state index in [9.17, 15) is 0 Å². The molecule has 0 aliphatic carbocycles. The summed E-state index contributed by atoms with van der Waals surface area (Å²) < 4.78 is 4.12. The summed E-state index contributed by atoms with van der Waals surface area (Å²) in [5.41, 5.74) is 2.11. The van der Waals surface area contributed by atoms with Crippen LogP contribution in [-0.2, 0) is 0 Å². The van der Waals surface area contributed by atoms with Gasteiger partial charge < -0.3 is 4.40 Å². The Hall–Kier alpha value is -0.350. The van der Waals surface area contributed by atoms with Crippen LogP contribution < -0.4 is 0 Å². The molecule has 0 fully saturated rings. The van der Waals surface area contributed by atoms with Crippen molar-refractivity contribution in [2.75, 3.05) is 0 Å². The van der Waals surface area contributed by atoms with E-state index in [0.717, 1.165) is 20.3 Å². The van der Waals surface area contributed by atoms with Crippen LogP contribution in [-0.4, -0.2) is 9.38 Å². The van der Waals surface area contributed by atoms with E-state index in [1.54, 1.807) is 6.20 Å². The number of nitrogens with zero attached hydrogens (tertiary/aromatic N) is 2. The van der Waals surface area contributed by atoms with Gasteiger partial charge in [-0.2, -0.15) is 0 Å². The van der Waals surface area contributed by atoms with E-state index in [4.69, 9.17) is 0 Å². The SMILES string of the molecule is Cc1c(Br)cc(Br)c2nccn12. The first-order valence-electron chi connectivity index (χ1n) is 3.48. The highest BCUT2D eigenvalue weighted by Gasteiger charge is 2.05. The molecule has 2 aromatic heterocycles. The van der Waals surface area contributed by atoms with Crippen molar-refractivity contribution in [3.05, 3.63) is 33.1 Å². The quantitative estimate of drug-likeness (QED) is 0.728. The molecule has 62 valence electrons. The van der Waals surface area contributed by atoms with Gasteiger partial charge in [-0.1, -0.05) is 0 Å². The summed E-state index contributed by atoms with van der Waals surface area (Å²) in [7, 11) is 0. The van der Waals surface area contributed by atoms with E-state index in [-0.39, 0.29) is 0 Å². The van der Waals surface area contributed by atoms with Crippen molar-refractivity contribution in [2.24, 2.45) is 0 Å². The molecule has 0 bridgehead atoms. The van der Waals surface area contributed by atoms with Crippen molar-refractivity contribution >= 4 is 37.5 Å². The Balaban J connectivity index is 2.97. The minimum atomic E-state index is 0.954. The fourth-order valence-corrected chi connectivity index (χ4v) is 2.40. The molecule has 0 aromatic carbocycles. The van der Waals surface area contributed by atoms with Crippen molar-refractivity contribution in [3.8, 4) is 0 Å². The Labute approximate surface area is 86.9 Å². The lowest BCUT2D eigenvalue weighted by atomic mass is 10.4. The van der Waals surface area contributed by atoms with Crippen molar-refractivity contribution in [3.63, 3.8) is 0 Å². The average Bonchev–Trinajstić information content (AvgIpc) is 2.48. The maximum Gasteiger partial charge on any atom is 0.151 e. The summed E-state index contributed by atoms with van der Waals surface area (Å²) in [4.78, 5) is 4.22. The Bertz CT molecular complexity index is 434. The molecule has 0 unspecified atom stereocenters. The predicted molar refractivity (Wildman–Crippen MR) is 55.3 cm³/mol. The number of hydrogen-bond acceptors (Lipinski definition) is 1. The topological polar surface area (TPSA) is 17.3 Å². The molecule has 4 heteroatoms. The second-order valence-electron chi connectivity index (χ2n) is 2.55. The Morgan fingerprint density at radius 1 is 1.33 bits per heavy atom. The lowest BCUT2D eigenvalue weighted by Crippen LogP contribution is -1.91. The van der Waals surface area contributed by atoms with Gasteiger partial charge in [-0.15, -0.1) is 0 Å². The number of halogens is 2. The minimum Gasteiger partial charge on any atom is -0.302 e. The lowest BCUT2D eigenvalue weighted by molar-refractivity contribution is 1.07. The summed E-state index contributed by atoms with van der Waals surface area (Å²) in [6, 6.07) is 2.01. The standard InChI is InChI=1S/C8H6Br2N2/c1-5-6(9)4-7(10)8-11-2-3-12(5)8/h2-4H,1H3. The Morgan fingerprint density at radius 2 is 2.08 bits per heavy atom. The van der Waals surface area contributed by atoms with E-state index in [2.05, 4.69) is 36.8 Å². The molecule has 0 saturated carbocycles. The fourth-order valence-electron chi connectivity index (χ4n) is 1.15. The number of imidazole rings is 1. The molecule has 0 radical (unpaired) electrons. The van der Waals surface area contributed by atoms with Gasteiger partial charge in [0, 0.05) is 22.6 Å². The second kappa shape index (κ2) is 2.85. The molecule has 12 heavy (non-hydrogen) atoms. The third-order valence-electron chi connectivity index (χ3n) is 1.81. The zero-order chi connectivity index (χ0) is 8.72. The normalized spacial score (nSPS) is 10.9. The van der Waals surface area contributed by atoms with E-state index >= 15 is 0 Å². The Morgan fingerprint density at radius 3 is 2.83 bits per heavy atom. The van der Waals surface area contributed by atoms with Crippen LogP contribution >= 0.6 is 31.9 Å². The van der Waals surface area contributed by atoms with Gasteiger partial charge in [0.15, 0.2) is 5.65 Å². The largest absolute Gasteiger partial charge is 0.302 e. The molecule has 0 aliphatic rings. The maximum absolute atomic E-state index is 4.22. The van der Waals surface area contributed by atoms with Crippen LogP contribution in [0.4, 0.5) is 0 Å². The third kappa shape index (κ3) is 1.10. The number of pyridine rings is 1. The highest BCUT2D eigenvalue weighted by atomic mass is 79.9. The third-order valence-corrected chi connectivity index (χ3v) is 3.20. The van der Waals surface area contributed by atoms with Gasteiger partial charge in [0.05, 0.1) is 4.47 Å². The van der Waals surface area contributed by atoms with Crippen molar-refractivity contribution in [2.45, 2.75) is 6.92 Å². The van der Waals surface area contributed by atoms with E-state index in [1.807, 2.05) is 23.6 Å². The van der Waals surface area contributed by atoms with Crippen molar-refractivity contribution in [1.29, 1.82) is 0 Å². The van der Waals surface area contributed by atoms with Gasteiger partial charge >= 0.3 is 0 Å². The zero-order valence-corrected chi connectivity index (χ0v) is 9.55. The van der Waals surface area contributed by atoms with Crippen LogP contribution in [0.1, 0.15) is 5.69 Å². The van der Waals surface area contributed by atoms with Crippen LogP contribution in [0, 0.1) is 6.92 Å². The lowest BCUT2D eigenvalue weighted by Gasteiger charge is -2.03. The van der Waals surface area contributed by atoms with E-state index < -0.39 is 0 Å². The zero-order valence-electron chi connectivity index (χ0n) is 6.38. The average molecular weight is 290 g/mol. The fraction of sp³-hybridized carbons (Fsp3) is 0.125. The first-order chi connectivity index (χ1) is 5.70. The smallest absolute Gasteiger partial charge is 0.151 e. The molecular weight excluding hydrogens is 284 g/mol. The second-order valence-corrected chi connectivity index (χ2v) is 4.26. The van der Waals surface area contributed by atoms with Crippen LogP contribution in [0.3, 0.4) is 0 Å². The summed E-state index contributed by atoms with van der Waals surface area (Å²) >= 11 is 6.92. The Kier molecular flexibility index (Phi) is 1.96. The summed E-state index contributed by atoms with van der Waals surface area (Å²) in [6.45, 7) is 2.05. The maximum atomic E-state index is 4.22. The summed E-state index contributed by atoms with van der Waals surface area (Å²) in [5.74, 6) is 0. The van der Waals surface area contributed by atoms with Gasteiger partial charge in [0.25, 0.3) is 0 Å². The molecule has 2 rings (SSSR count). The molecule has 0 atom stereocenters.